The molecule has 2 rings (SSSR count). The van der Waals surface area contributed by atoms with Gasteiger partial charge in [0.15, 0.2) is 5.96 Å². The molecule has 4 nitrogen and oxygen atoms in total. The first-order valence-electron chi connectivity index (χ1n) is 8.59. The minimum atomic E-state index is 0.585. The van der Waals surface area contributed by atoms with Crippen molar-refractivity contribution in [2.24, 2.45) is 10.9 Å². The molecule has 1 aromatic heterocycles. The zero-order valence-electron chi connectivity index (χ0n) is 14.2. The van der Waals surface area contributed by atoms with Gasteiger partial charge in [-0.25, -0.2) is 4.98 Å². The minimum Gasteiger partial charge on any atom is -0.356 e. The first-order chi connectivity index (χ1) is 10.7. The topological polar surface area (TPSA) is 49.3 Å². The van der Waals surface area contributed by atoms with E-state index in [1.165, 1.54) is 48.4 Å². The molecule has 2 N–H and O–H groups in total. The Bertz CT molecular complexity index is 461. The lowest BCUT2D eigenvalue weighted by Gasteiger charge is -2.30. The van der Waals surface area contributed by atoms with Crippen LogP contribution < -0.4 is 10.6 Å². The number of nitrogens with zero attached hydrogens (tertiary/aromatic N) is 2. The van der Waals surface area contributed by atoms with Crippen LogP contribution in [-0.2, 0) is 6.42 Å². The lowest BCUT2D eigenvalue weighted by Crippen LogP contribution is -2.45. The number of hydrogen-bond acceptors (Lipinski definition) is 3. The van der Waals surface area contributed by atoms with E-state index < -0.39 is 0 Å². The standard InChI is InChI=1S/C17H30N4S/c1-4-5-14-6-8-15(9-7-14)21-17(18-3)19-11-10-16-20-12-13(2)22-16/h12,14-15H,4-11H2,1-3H3,(H2,18,19,21). The zero-order valence-corrected chi connectivity index (χ0v) is 15.0. The van der Waals surface area contributed by atoms with E-state index in [1.54, 1.807) is 11.3 Å². The van der Waals surface area contributed by atoms with Gasteiger partial charge in [0.1, 0.15) is 0 Å². The summed E-state index contributed by atoms with van der Waals surface area (Å²) in [6.45, 7) is 5.28. The predicted octanol–water partition coefficient (Wildman–Crippen LogP) is 3.52. The summed E-state index contributed by atoms with van der Waals surface area (Å²) in [6, 6.07) is 0.585. The molecule has 0 radical (unpaired) electrons. The molecular formula is C17H30N4S. The normalized spacial score (nSPS) is 22.6. The number of guanidine groups is 1. The van der Waals surface area contributed by atoms with Crippen molar-refractivity contribution in [1.82, 2.24) is 15.6 Å². The molecule has 0 bridgehead atoms. The van der Waals surface area contributed by atoms with Gasteiger partial charge in [0.05, 0.1) is 5.01 Å². The molecule has 0 aromatic carbocycles. The van der Waals surface area contributed by atoms with Gasteiger partial charge in [-0.2, -0.15) is 0 Å². The molecule has 5 heteroatoms. The van der Waals surface area contributed by atoms with Crippen LogP contribution in [-0.4, -0.2) is 30.6 Å². The Morgan fingerprint density at radius 3 is 2.73 bits per heavy atom. The zero-order chi connectivity index (χ0) is 15.8. The Morgan fingerprint density at radius 2 is 2.14 bits per heavy atom. The van der Waals surface area contributed by atoms with Gasteiger partial charge in [-0.05, 0) is 38.5 Å². The number of rotatable bonds is 6. The first kappa shape index (κ1) is 17.3. The number of thiazole rings is 1. The third-order valence-electron chi connectivity index (χ3n) is 4.41. The van der Waals surface area contributed by atoms with Gasteiger partial charge < -0.3 is 10.6 Å². The van der Waals surface area contributed by atoms with Gasteiger partial charge in [-0.1, -0.05) is 19.8 Å². The first-order valence-corrected chi connectivity index (χ1v) is 9.41. The molecule has 0 aliphatic heterocycles. The van der Waals surface area contributed by atoms with Crippen LogP contribution in [0, 0.1) is 12.8 Å². The maximum Gasteiger partial charge on any atom is 0.191 e. The van der Waals surface area contributed by atoms with Crippen molar-refractivity contribution < 1.29 is 0 Å². The quantitative estimate of drug-likeness (QED) is 0.622. The highest BCUT2D eigenvalue weighted by Crippen LogP contribution is 2.27. The van der Waals surface area contributed by atoms with Crippen LogP contribution in [0.25, 0.3) is 0 Å². The van der Waals surface area contributed by atoms with Crippen LogP contribution in [0.5, 0.6) is 0 Å². The number of nitrogens with one attached hydrogen (secondary N) is 2. The SMILES string of the molecule is CCCC1CCC(NC(=NC)NCCc2ncc(C)s2)CC1. The summed E-state index contributed by atoms with van der Waals surface area (Å²) in [5.74, 6) is 1.89. The van der Waals surface area contributed by atoms with Gasteiger partial charge in [0, 0.05) is 37.1 Å². The van der Waals surface area contributed by atoms with Crippen molar-refractivity contribution >= 4 is 17.3 Å². The van der Waals surface area contributed by atoms with Gasteiger partial charge >= 0.3 is 0 Å². The van der Waals surface area contributed by atoms with E-state index in [9.17, 15) is 0 Å². The lowest BCUT2D eigenvalue weighted by atomic mass is 9.83. The van der Waals surface area contributed by atoms with Crippen LogP contribution in [0.2, 0.25) is 0 Å². The van der Waals surface area contributed by atoms with Crippen LogP contribution >= 0.6 is 11.3 Å². The summed E-state index contributed by atoms with van der Waals surface area (Å²) >= 11 is 1.78. The van der Waals surface area contributed by atoms with Crippen molar-refractivity contribution in [1.29, 1.82) is 0 Å². The number of aromatic nitrogens is 1. The fraction of sp³-hybridized carbons (Fsp3) is 0.765. The molecule has 1 aliphatic carbocycles. The maximum atomic E-state index is 4.40. The summed E-state index contributed by atoms with van der Waals surface area (Å²) in [7, 11) is 1.85. The summed E-state index contributed by atoms with van der Waals surface area (Å²) in [6.07, 6.45) is 10.9. The molecule has 1 heterocycles. The average Bonchev–Trinajstić information content (AvgIpc) is 2.94. The van der Waals surface area contributed by atoms with Gasteiger partial charge in [0.25, 0.3) is 0 Å². The summed E-state index contributed by atoms with van der Waals surface area (Å²) in [4.78, 5) is 10.0. The molecule has 1 aliphatic rings. The van der Waals surface area contributed by atoms with Crippen molar-refractivity contribution in [2.45, 2.75) is 64.8 Å². The highest BCUT2D eigenvalue weighted by Gasteiger charge is 2.21. The molecule has 1 aromatic rings. The third-order valence-corrected chi connectivity index (χ3v) is 5.38. The highest BCUT2D eigenvalue weighted by molar-refractivity contribution is 7.11. The fourth-order valence-corrected chi connectivity index (χ4v) is 3.98. The van der Waals surface area contributed by atoms with E-state index in [-0.39, 0.29) is 0 Å². The largest absolute Gasteiger partial charge is 0.356 e. The van der Waals surface area contributed by atoms with E-state index in [4.69, 9.17) is 0 Å². The molecule has 22 heavy (non-hydrogen) atoms. The van der Waals surface area contributed by atoms with E-state index >= 15 is 0 Å². The van der Waals surface area contributed by atoms with Crippen LogP contribution in [0.4, 0.5) is 0 Å². The van der Waals surface area contributed by atoms with Gasteiger partial charge in [-0.3, -0.25) is 4.99 Å². The molecule has 0 atom stereocenters. The average molecular weight is 323 g/mol. The Balaban J connectivity index is 1.67. The second-order valence-corrected chi connectivity index (χ2v) is 7.58. The van der Waals surface area contributed by atoms with E-state index in [0.717, 1.165) is 24.8 Å². The van der Waals surface area contributed by atoms with E-state index in [2.05, 4.69) is 34.5 Å². The van der Waals surface area contributed by atoms with Crippen molar-refractivity contribution in [2.75, 3.05) is 13.6 Å². The van der Waals surface area contributed by atoms with Gasteiger partial charge in [0.2, 0.25) is 0 Å². The molecule has 0 spiro atoms. The van der Waals surface area contributed by atoms with Gasteiger partial charge in [-0.15, -0.1) is 11.3 Å². The van der Waals surface area contributed by atoms with E-state index in [0.29, 0.717) is 6.04 Å². The van der Waals surface area contributed by atoms with Crippen LogP contribution in [0.15, 0.2) is 11.2 Å². The Hall–Kier alpha value is -1.10. The predicted molar refractivity (Wildman–Crippen MR) is 95.7 cm³/mol. The summed E-state index contributed by atoms with van der Waals surface area (Å²) < 4.78 is 0. The number of aliphatic imine (C=N–C) groups is 1. The van der Waals surface area contributed by atoms with Crippen LogP contribution in [0.3, 0.4) is 0 Å². The molecule has 0 amide bonds. The Kier molecular flexibility index (Phi) is 7.16. The molecule has 1 saturated carbocycles. The highest BCUT2D eigenvalue weighted by atomic mass is 32.1. The smallest absolute Gasteiger partial charge is 0.191 e. The summed E-state index contributed by atoms with van der Waals surface area (Å²) in [5, 5.41) is 8.19. The summed E-state index contributed by atoms with van der Waals surface area (Å²) in [5.41, 5.74) is 0. The maximum absolute atomic E-state index is 4.40. The Morgan fingerprint density at radius 1 is 1.36 bits per heavy atom. The van der Waals surface area contributed by atoms with Crippen molar-refractivity contribution in [3.8, 4) is 0 Å². The number of aryl methyl sites for hydroxylation is 1. The second kappa shape index (κ2) is 9.13. The third kappa shape index (κ3) is 5.59. The molecule has 0 saturated heterocycles. The van der Waals surface area contributed by atoms with Crippen molar-refractivity contribution in [3.63, 3.8) is 0 Å². The Labute approximate surface area is 138 Å². The van der Waals surface area contributed by atoms with Crippen LogP contribution in [0.1, 0.15) is 55.3 Å². The molecular weight excluding hydrogens is 292 g/mol. The lowest BCUT2D eigenvalue weighted by molar-refractivity contribution is 0.295. The fourth-order valence-electron chi connectivity index (χ4n) is 3.20. The molecule has 1 fully saturated rings. The monoisotopic (exact) mass is 322 g/mol. The number of hydrogen-bond donors (Lipinski definition) is 2. The van der Waals surface area contributed by atoms with Crippen molar-refractivity contribution in [3.05, 3.63) is 16.1 Å². The van der Waals surface area contributed by atoms with E-state index in [1.807, 2.05) is 13.2 Å². The molecule has 0 unspecified atom stereocenters. The molecule has 124 valence electrons. The minimum absolute atomic E-state index is 0.585. The second-order valence-electron chi connectivity index (χ2n) is 6.26.